The van der Waals surface area contributed by atoms with Crippen LogP contribution in [-0.2, 0) is 22.9 Å². The summed E-state index contributed by atoms with van der Waals surface area (Å²) < 4.78 is 48.7. The summed E-state index contributed by atoms with van der Waals surface area (Å²) in [5.74, 6) is -1.10. The normalized spacial score (nSPS) is 30.4. The average Bonchev–Trinajstić information content (AvgIpc) is 3.03. The van der Waals surface area contributed by atoms with Crippen LogP contribution < -0.4 is 11.2 Å². The minimum Gasteiger partial charge on any atom is -0.349 e. The van der Waals surface area contributed by atoms with Crippen molar-refractivity contribution in [3.8, 4) is 0 Å². The van der Waals surface area contributed by atoms with Crippen LogP contribution >= 0.6 is 7.82 Å². The fraction of sp³-hybridized carbons (Fsp3) is 0.750. The number of hydrogen-bond donors (Lipinski definition) is 1. The van der Waals surface area contributed by atoms with E-state index >= 15 is 0 Å². The van der Waals surface area contributed by atoms with Gasteiger partial charge in [-0.1, -0.05) is 32.6 Å². The van der Waals surface area contributed by atoms with Gasteiger partial charge in [0.2, 0.25) is 5.82 Å². The first kappa shape index (κ1) is 20.4. The second-order valence-corrected chi connectivity index (χ2v) is 8.26. The van der Waals surface area contributed by atoms with Crippen LogP contribution in [0, 0.1) is 5.82 Å². The van der Waals surface area contributed by atoms with Crippen LogP contribution in [0.3, 0.4) is 0 Å². The lowest BCUT2D eigenvalue weighted by Gasteiger charge is -2.29. The standard InChI is InChI=1S/C16H24FN2O7P/c1-2-3-4-5-6-7-23-27(22)24-10-13-12(26-27)8-14(25-13)19-9-11(17)15(20)18-16(19)21/h9,12-14H,2-8,10H2,1H3,(H,18,20,21)/t12-,13+,14+,27?/m0/s1. The smallest absolute Gasteiger partial charge is 0.349 e. The van der Waals surface area contributed by atoms with Gasteiger partial charge in [0, 0.05) is 6.42 Å². The molecule has 11 heteroatoms. The van der Waals surface area contributed by atoms with Gasteiger partial charge in [-0.3, -0.25) is 27.9 Å². The number of aromatic amines is 1. The van der Waals surface area contributed by atoms with Gasteiger partial charge in [0.05, 0.1) is 19.4 Å². The molecule has 4 atom stereocenters. The zero-order chi connectivity index (χ0) is 19.4. The van der Waals surface area contributed by atoms with Crippen molar-refractivity contribution in [2.24, 2.45) is 0 Å². The first-order valence-electron chi connectivity index (χ1n) is 9.16. The molecular formula is C16H24FN2O7P. The van der Waals surface area contributed by atoms with Crippen LogP contribution in [0.2, 0.25) is 0 Å². The highest BCUT2D eigenvalue weighted by Gasteiger charge is 2.47. The van der Waals surface area contributed by atoms with Crippen molar-refractivity contribution in [1.29, 1.82) is 0 Å². The molecule has 1 N–H and O–H groups in total. The number of nitrogens with one attached hydrogen (secondary N) is 1. The lowest BCUT2D eigenvalue weighted by molar-refractivity contribution is -0.0724. The summed E-state index contributed by atoms with van der Waals surface area (Å²) in [4.78, 5) is 24.9. The van der Waals surface area contributed by atoms with Gasteiger partial charge in [0.1, 0.15) is 18.4 Å². The topological polar surface area (TPSA) is 109 Å². The number of aromatic nitrogens is 2. The first-order valence-corrected chi connectivity index (χ1v) is 10.6. The van der Waals surface area contributed by atoms with Crippen molar-refractivity contribution >= 4 is 7.82 Å². The molecule has 2 aliphatic rings. The largest absolute Gasteiger partial charge is 0.475 e. The molecule has 1 aromatic heterocycles. The fourth-order valence-corrected chi connectivity index (χ4v) is 4.55. The van der Waals surface area contributed by atoms with Crippen molar-refractivity contribution in [2.75, 3.05) is 13.2 Å². The molecule has 0 aromatic carbocycles. The van der Waals surface area contributed by atoms with E-state index in [4.69, 9.17) is 18.3 Å². The molecule has 1 unspecified atom stereocenters. The van der Waals surface area contributed by atoms with Gasteiger partial charge in [-0.05, 0) is 6.42 Å². The maximum atomic E-state index is 13.5. The lowest BCUT2D eigenvalue weighted by atomic mass is 10.2. The molecule has 2 fully saturated rings. The van der Waals surface area contributed by atoms with Crippen LogP contribution in [0.4, 0.5) is 4.39 Å². The highest BCUT2D eigenvalue weighted by molar-refractivity contribution is 7.48. The summed E-state index contributed by atoms with van der Waals surface area (Å²) in [6.45, 7) is 2.38. The summed E-state index contributed by atoms with van der Waals surface area (Å²) >= 11 is 0. The highest BCUT2D eigenvalue weighted by atomic mass is 31.2. The van der Waals surface area contributed by atoms with Crippen molar-refractivity contribution in [3.05, 3.63) is 32.9 Å². The van der Waals surface area contributed by atoms with Gasteiger partial charge >= 0.3 is 13.5 Å². The van der Waals surface area contributed by atoms with Gasteiger partial charge in [0.15, 0.2) is 0 Å². The molecule has 0 bridgehead atoms. The fourth-order valence-electron chi connectivity index (χ4n) is 3.12. The molecule has 3 rings (SSSR count). The second kappa shape index (κ2) is 8.79. The zero-order valence-electron chi connectivity index (χ0n) is 15.1. The number of phosphoric ester groups is 1. The third kappa shape index (κ3) is 4.94. The number of fused-ring (bicyclic) bond motifs is 1. The zero-order valence-corrected chi connectivity index (χ0v) is 16.0. The van der Waals surface area contributed by atoms with E-state index in [1.807, 2.05) is 4.98 Å². The molecule has 0 amide bonds. The number of phosphoric acid groups is 1. The number of nitrogens with zero attached hydrogens (tertiary/aromatic N) is 1. The van der Waals surface area contributed by atoms with Crippen LogP contribution in [-0.4, -0.2) is 35.0 Å². The quantitative estimate of drug-likeness (QED) is 0.522. The molecule has 2 saturated heterocycles. The van der Waals surface area contributed by atoms with E-state index in [9.17, 15) is 18.5 Å². The Kier molecular flexibility index (Phi) is 6.65. The van der Waals surface area contributed by atoms with E-state index < -0.39 is 43.3 Å². The Morgan fingerprint density at radius 2 is 2.07 bits per heavy atom. The van der Waals surface area contributed by atoms with Gasteiger partial charge in [0.25, 0.3) is 5.56 Å². The van der Waals surface area contributed by atoms with Crippen LogP contribution in [0.25, 0.3) is 0 Å². The molecule has 0 saturated carbocycles. The molecule has 152 valence electrons. The summed E-state index contributed by atoms with van der Waals surface area (Å²) in [5.41, 5.74) is -1.89. The summed E-state index contributed by atoms with van der Waals surface area (Å²) in [5, 5.41) is 0. The molecular weight excluding hydrogens is 382 g/mol. The molecule has 1 aromatic rings. The van der Waals surface area contributed by atoms with E-state index in [1.165, 1.54) is 0 Å². The number of ether oxygens (including phenoxy) is 1. The minimum absolute atomic E-state index is 0.0190. The van der Waals surface area contributed by atoms with E-state index in [1.54, 1.807) is 0 Å². The van der Waals surface area contributed by atoms with Gasteiger partial charge < -0.3 is 4.74 Å². The highest BCUT2D eigenvalue weighted by Crippen LogP contribution is 2.56. The van der Waals surface area contributed by atoms with Gasteiger partial charge in [-0.2, -0.15) is 4.39 Å². The third-order valence-corrected chi connectivity index (χ3v) is 6.07. The molecule has 0 radical (unpaired) electrons. The monoisotopic (exact) mass is 406 g/mol. The Hall–Kier alpha value is -1.32. The predicted molar refractivity (Wildman–Crippen MR) is 93.0 cm³/mol. The van der Waals surface area contributed by atoms with Gasteiger partial charge in [-0.15, -0.1) is 0 Å². The number of unbranched alkanes of at least 4 members (excludes halogenated alkanes) is 4. The van der Waals surface area contributed by atoms with Crippen molar-refractivity contribution < 1.29 is 27.3 Å². The predicted octanol–water partition coefficient (Wildman–Crippen LogP) is 2.47. The maximum Gasteiger partial charge on any atom is 0.475 e. The van der Waals surface area contributed by atoms with Crippen molar-refractivity contribution in [2.45, 2.75) is 63.9 Å². The van der Waals surface area contributed by atoms with E-state index in [0.717, 1.165) is 42.9 Å². The summed E-state index contributed by atoms with van der Waals surface area (Å²) in [6.07, 6.45) is 4.03. The number of halogens is 1. The number of hydrogen-bond acceptors (Lipinski definition) is 7. The maximum absolute atomic E-state index is 13.5. The summed E-state index contributed by atoms with van der Waals surface area (Å²) in [7, 11) is -3.69. The van der Waals surface area contributed by atoms with E-state index in [-0.39, 0.29) is 19.6 Å². The Balaban J connectivity index is 1.56. The van der Waals surface area contributed by atoms with Gasteiger partial charge in [-0.25, -0.2) is 9.36 Å². The minimum atomic E-state index is -3.69. The molecule has 27 heavy (non-hydrogen) atoms. The molecule has 9 nitrogen and oxygen atoms in total. The Bertz CT molecular complexity index is 811. The SMILES string of the molecule is CCCCCCCOP1(=O)OC[C@H]2O[C@@H](n3cc(F)c(=O)[nH]c3=O)C[C@@H]2O1. The molecule has 2 aliphatic heterocycles. The van der Waals surface area contributed by atoms with E-state index in [2.05, 4.69) is 6.92 Å². The molecule has 0 aliphatic carbocycles. The van der Waals surface area contributed by atoms with Crippen LogP contribution in [0.15, 0.2) is 15.8 Å². The molecule has 0 spiro atoms. The van der Waals surface area contributed by atoms with Crippen molar-refractivity contribution in [3.63, 3.8) is 0 Å². The number of H-pyrrole nitrogens is 1. The lowest BCUT2D eigenvalue weighted by Crippen LogP contribution is -2.34. The van der Waals surface area contributed by atoms with Crippen molar-refractivity contribution in [1.82, 2.24) is 9.55 Å². The Labute approximate surface area is 155 Å². The van der Waals surface area contributed by atoms with Crippen LogP contribution in [0.5, 0.6) is 0 Å². The second-order valence-electron chi connectivity index (χ2n) is 6.64. The Morgan fingerprint density at radius 3 is 2.85 bits per heavy atom. The van der Waals surface area contributed by atoms with Crippen LogP contribution in [0.1, 0.15) is 51.7 Å². The average molecular weight is 406 g/mol. The summed E-state index contributed by atoms with van der Waals surface area (Å²) in [6, 6.07) is 0. The van der Waals surface area contributed by atoms with E-state index in [0.29, 0.717) is 0 Å². The third-order valence-electron chi connectivity index (χ3n) is 4.57. The molecule has 3 heterocycles. The number of rotatable bonds is 8. The first-order chi connectivity index (χ1) is 12.9. The Morgan fingerprint density at radius 1 is 1.30 bits per heavy atom.